The number of benzene rings is 1. The van der Waals surface area contributed by atoms with E-state index >= 15 is 0 Å². The fourth-order valence-electron chi connectivity index (χ4n) is 1.50. The van der Waals surface area contributed by atoms with Crippen LogP contribution in [-0.4, -0.2) is 10.1 Å². The summed E-state index contributed by atoms with van der Waals surface area (Å²) in [7, 11) is 0. The van der Waals surface area contributed by atoms with Crippen LogP contribution in [0.1, 0.15) is 23.6 Å². The molecule has 2 nitrogen and oxygen atoms in total. The van der Waals surface area contributed by atoms with Crippen LogP contribution < -0.4 is 0 Å². The molecule has 0 spiro atoms. The molecule has 1 atom stereocenters. The van der Waals surface area contributed by atoms with Gasteiger partial charge in [-0.15, -0.1) is 11.3 Å². The van der Waals surface area contributed by atoms with E-state index in [1.54, 1.807) is 18.3 Å². The van der Waals surface area contributed by atoms with Crippen molar-refractivity contribution in [2.24, 2.45) is 0 Å². The fourth-order valence-corrected chi connectivity index (χ4v) is 2.51. The molecule has 78 valence electrons. The van der Waals surface area contributed by atoms with Crippen molar-refractivity contribution >= 4 is 11.3 Å². The maximum Gasteiger partial charge on any atom is 0.123 e. The first-order valence-electron chi connectivity index (χ1n) is 4.89. The molecule has 0 aliphatic rings. The van der Waals surface area contributed by atoms with Crippen LogP contribution in [-0.2, 0) is 0 Å². The van der Waals surface area contributed by atoms with Crippen molar-refractivity contribution in [2.45, 2.75) is 20.0 Å². The van der Waals surface area contributed by atoms with Crippen LogP contribution in [0.5, 0.6) is 0 Å². The van der Waals surface area contributed by atoms with Crippen molar-refractivity contribution in [3.05, 3.63) is 40.9 Å². The van der Waals surface area contributed by atoms with Crippen LogP contribution in [0.4, 0.5) is 0 Å². The third kappa shape index (κ3) is 2.08. The Balaban J connectivity index is 2.43. The zero-order valence-corrected chi connectivity index (χ0v) is 9.58. The molecule has 1 aromatic carbocycles. The molecule has 0 aliphatic heterocycles. The standard InChI is InChI=1S/C12H13NOS/c1-8-11(9(2)14)15-12(13-8)10-6-4-3-5-7-10/h3-7,9,14H,1-2H3/t9-/m0/s1. The van der Waals surface area contributed by atoms with Gasteiger partial charge in [0, 0.05) is 5.56 Å². The number of aliphatic hydroxyl groups excluding tert-OH is 1. The van der Waals surface area contributed by atoms with E-state index in [9.17, 15) is 5.11 Å². The third-order valence-corrected chi connectivity index (χ3v) is 3.61. The Bertz CT molecular complexity index is 448. The number of aryl methyl sites for hydroxylation is 1. The van der Waals surface area contributed by atoms with E-state index in [1.807, 2.05) is 37.3 Å². The Morgan fingerprint density at radius 3 is 2.47 bits per heavy atom. The van der Waals surface area contributed by atoms with Crippen molar-refractivity contribution in [2.75, 3.05) is 0 Å². The lowest BCUT2D eigenvalue weighted by Gasteiger charge is -1.98. The second-order valence-corrected chi connectivity index (χ2v) is 4.54. The highest BCUT2D eigenvalue weighted by molar-refractivity contribution is 7.15. The molecule has 2 aromatic rings. The maximum atomic E-state index is 9.54. The lowest BCUT2D eigenvalue weighted by molar-refractivity contribution is 0.202. The Hall–Kier alpha value is -1.19. The van der Waals surface area contributed by atoms with Gasteiger partial charge in [-0.1, -0.05) is 30.3 Å². The van der Waals surface area contributed by atoms with Gasteiger partial charge in [0.1, 0.15) is 5.01 Å². The SMILES string of the molecule is Cc1nc(-c2ccccc2)sc1[C@H](C)O. The number of aliphatic hydroxyl groups is 1. The molecule has 1 heterocycles. The molecule has 0 aliphatic carbocycles. The van der Waals surface area contributed by atoms with Gasteiger partial charge >= 0.3 is 0 Å². The highest BCUT2D eigenvalue weighted by Gasteiger charge is 2.12. The molecule has 0 radical (unpaired) electrons. The van der Waals surface area contributed by atoms with Gasteiger partial charge in [-0.2, -0.15) is 0 Å². The van der Waals surface area contributed by atoms with Crippen LogP contribution in [0.3, 0.4) is 0 Å². The van der Waals surface area contributed by atoms with E-state index in [1.165, 1.54) is 0 Å². The number of nitrogens with zero attached hydrogens (tertiary/aromatic N) is 1. The lowest BCUT2D eigenvalue weighted by Crippen LogP contribution is -1.88. The number of rotatable bonds is 2. The molecular weight excluding hydrogens is 206 g/mol. The second kappa shape index (κ2) is 4.13. The Labute approximate surface area is 93.2 Å². The number of hydrogen-bond donors (Lipinski definition) is 1. The quantitative estimate of drug-likeness (QED) is 0.841. The lowest BCUT2D eigenvalue weighted by atomic mass is 10.2. The molecule has 0 saturated carbocycles. The Morgan fingerprint density at radius 2 is 1.93 bits per heavy atom. The van der Waals surface area contributed by atoms with Gasteiger partial charge in [-0.3, -0.25) is 0 Å². The van der Waals surface area contributed by atoms with Crippen molar-refractivity contribution in [3.63, 3.8) is 0 Å². The smallest absolute Gasteiger partial charge is 0.123 e. The van der Waals surface area contributed by atoms with Crippen LogP contribution in [0, 0.1) is 6.92 Å². The Kier molecular flexibility index (Phi) is 2.84. The highest BCUT2D eigenvalue weighted by atomic mass is 32.1. The molecule has 3 heteroatoms. The first kappa shape index (κ1) is 10.3. The second-order valence-electron chi connectivity index (χ2n) is 3.51. The van der Waals surface area contributed by atoms with Gasteiger partial charge < -0.3 is 5.11 Å². The maximum absolute atomic E-state index is 9.54. The molecule has 1 N–H and O–H groups in total. The number of hydrogen-bond acceptors (Lipinski definition) is 3. The summed E-state index contributed by atoms with van der Waals surface area (Å²) in [5, 5.41) is 10.5. The summed E-state index contributed by atoms with van der Waals surface area (Å²) in [4.78, 5) is 5.41. The molecule has 0 fully saturated rings. The van der Waals surface area contributed by atoms with E-state index in [0.29, 0.717) is 0 Å². The molecule has 0 bridgehead atoms. The highest BCUT2D eigenvalue weighted by Crippen LogP contribution is 2.31. The van der Waals surface area contributed by atoms with Crippen LogP contribution >= 0.6 is 11.3 Å². The molecule has 1 aromatic heterocycles. The normalized spacial score (nSPS) is 12.7. The summed E-state index contributed by atoms with van der Waals surface area (Å²) in [5.74, 6) is 0. The van der Waals surface area contributed by atoms with Crippen molar-refractivity contribution < 1.29 is 5.11 Å². The monoisotopic (exact) mass is 219 g/mol. The largest absolute Gasteiger partial charge is 0.388 e. The van der Waals surface area contributed by atoms with Crippen LogP contribution in [0.2, 0.25) is 0 Å². The van der Waals surface area contributed by atoms with Gasteiger partial charge in [0.2, 0.25) is 0 Å². The minimum Gasteiger partial charge on any atom is -0.388 e. The summed E-state index contributed by atoms with van der Waals surface area (Å²) < 4.78 is 0. The topological polar surface area (TPSA) is 33.1 Å². The van der Waals surface area contributed by atoms with Crippen LogP contribution in [0.25, 0.3) is 10.6 Å². The van der Waals surface area contributed by atoms with Gasteiger partial charge in [0.05, 0.1) is 16.7 Å². The average Bonchev–Trinajstić information content (AvgIpc) is 2.62. The Morgan fingerprint density at radius 1 is 1.27 bits per heavy atom. The fraction of sp³-hybridized carbons (Fsp3) is 0.250. The number of thiazole rings is 1. The molecule has 15 heavy (non-hydrogen) atoms. The zero-order chi connectivity index (χ0) is 10.8. The predicted octanol–water partition coefficient (Wildman–Crippen LogP) is 3.17. The van der Waals surface area contributed by atoms with Gasteiger partial charge in [0.25, 0.3) is 0 Å². The summed E-state index contributed by atoms with van der Waals surface area (Å²) >= 11 is 1.56. The first-order valence-corrected chi connectivity index (χ1v) is 5.71. The third-order valence-electron chi connectivity index (χ3n) is 2.23. The van der Waals surface area contributed by atoms with Gasteiger partial charge in [0.15, 0.2) is 0 Å². The van der Waals surface area contributed by atoms with Crippen molar-refractivity contribution in [3.8, 4) is 10.6 Å². The van der Waals surface area contributed by atoms with Gasteiger partial charge in [-0.25, -0.2) is 4.98 Å². The molecule has 0 unspecified atom stereocenters. The van der Waals surface area contributed by atoms with E-state index in [-0.39, 0.29) is 0 Å². The average molecular weight is 219 g/mol. The van der Waals surface area contributed by atoms with E-state index in [4.69, 9.17) is 0 Å². The summed E-state index contributed by atoms with van der Waals surface area (Å²) in [6.07, 6.45) is -0.431. The van der Waals surface area contributed by atoms with Crippen LogP contribution in [0.15, 0.2) is 30.3 Å². The van der Waals surface area contributed by atoms with E-state index < -0.39 is 6.10 Å². The first-order chi connectivity index (χ1) is 7.18. The molecular formula is C12H13NOS. The number of aromatic nitrogens is 1. The van der Waals surface area contributed by atoms with E-state index in [0.717, 1.165) is 21.1 Å². The van der Waals surface area contributed by atoms with Gasteiger partial charge in [-0.05, 0) is 13.8 Å². The van der Waals surface area contributed by atoms with Crippen molar-refractivity contribution in [1.29, 1.82) is 0 Å². The summed E-state index contributed by atoms with van der Waals surface area (Å²) in [6.45, 7) is 3.71. The molecule has 0 amide bonds. The summed E-state index contributed by atoms with van der Waals surface area (Å²) in [6, 6.07) is 10.0. The molecule has 2 rings (SSSR count). The predicted molar refractivity (Wildman–Crippen MR) is 62.9 cm³/mol. The minimum atomic E-state index is -0.431. The molecule has 0 saturated heterocycles. The zero-order valence-electron chi connectivity index (χ0n) is 8.77. The summed E-state index contributed by atoms with van der Waals surface area (Å²) in [5.41, 5.74) is 2.03. The van der Waals surface area contributed by atoms with E-state index in [2.05, 4.69) is 4.98 Å². The minimum absolute atomic E-state index is 0.431. The van der Waals surface area contributed by atoms with Crippen molar-refractivity contribution in [1.82, 2.24) is 4.98 Å².